The maximum absolute atomic E-state index is 12.1. The van der Waals surface area contributed by atoms with Crippen LogP contribution in [0.4, 0.5) is 0 Å². The lowest BCUT2D eigenvalue weighted by molar-refractivity contribution is 0.477. The van der Waals surface area contributed by atoms with Crippen molar-refractivity contribution in [2.75, 3.05) is 13.1 Å². The van der Waals surface area contributed by atoms with E-state index in [9.17, 15) is 8.42 Å². The second-order valence-electron chi connectivity index (χ2n) is 3.72. The fourth-order valence-electron chi connectivity index (χ4n) is 1.76. The zero-order valence-corrected chi connectivity index (χ0v) is 10.8. The second kappa shape index (κ2) is 4.53. The zero-order valence-electron chi connectivity index (χ0n) is 8.49. The molecule has 2 rings (SSSR count). The molecule has 0 bridgehead atoms. The van der Waals surface area contributed by atoms with Crippen LogP contribution in [-0.2, 0) is 10.0 Å². The van der Waals surface area contributed by atoms with Crippen LogP contribution in [0.5, 0.6) is 0 Å². The van der Waals surface area contributed by atoms with Crippen molar-refractivity contribution in [1.29, 1.82) is 0 Å². The minimum absolute atomic E-state index is 0.173. The van der Waals surface area contributed by atoms with Crippen molar-refractivity contribution >= 4 is 33.2 Å². The summed E-state index contributed by atoms with van der Waals surface area (Å²) in [5.74, 6) is 0. The summed E-state index contributed by atoms with van der Waals surface area (Å²) in [4.78, 5) is 0.173. The van der Waals surface area contributed by atoms with Crippen LogP contribution < -0.4 is 0 Å². The first-order valence-corrected chi connectivity index (χ1v) is 7.16. The first kappa shape index (κ1) is 12.2. The van der Waals surface area contributed by atoms with Crippen LogP contribution >= 0.6 is 23.2 Å². The molecule has 1 aromatic rings. The monoisotopic (exact) mass is 279 g/mol. The molecule has 0 N–H and O–H groups in total. The number of nitrogens with zero attached hydrogens (tertiary/aromatic N) is 1. The van der Waals surface area contributed by atoms with Crippen molar-refractivity contribution in [2.24, 2.45) is 0 Å². The molecule has 6 heteroatoms. The Morgan fingerprint density at radius 2 is 1.50 bits per heavy atom. The van der Waals surface area contributed by atoms with Gasteiger partial charge in [0.25, 0.3) is 0 Å². The summed E-state index contributed by atoms with van der Waals surface area (Å²) in [5, 5.41) is 0.676. The zero-order chi connectivity index (χ0) is 11.8. The molecule has 1 fully saturated rings. The minimum Gasteiger partial charge on any atom is -0.207 e. The third-order valence-electron chi connectivity index (χ3n) is 2.54. The molecule has 1 heterocycles. The Bertz CT molecular complexity index is 475. The molecule has 0 aliphatic carbocycles. The molecule has 0 aromatic heterocycles. The van der Waals surface area contributed by atoms with Crippen molar-refractivity contribution in [3.05, 3.63) is 28.2 Å². The van der Waals surface area contributed by atoms with Crippen LogP contribution in [0.25, 0.3) is 0 Å². The Hall–Kier alpha value is -0.290. The highest BCUT2D eigenvalue weighted by molar-refractivity contribution is 7.89. The molecule has 1 saturated heterocycles. The van der Waals surface area contributed by atoms with Gasteiger partial charge in [-0.05, 0) is 31.0 Å². The lowest BCUT2D eigenvalue weighted by atomic mass is 10.4. The standard InChI is InChI=1S/C10H11Cl2NO2S/c11-8-5-9(12)7-10(6-8)16(14,15)13-3-1-2-4-13/h5-7H,1-4H2. The molecular formula is C10H11Cl2NO2S. The largest absolute Gasteiger partial charge is 0.243 e. The molecule has 0 atom stereocenters. The average Bonchev–Trinajstić information content (AvgIpc) is 2.69. The minimum atomic E-state index is -3.42. The summed E-state index contributed by atoms with van der Waals surface area (Å²) >= 11 is 11.6. The van der Waals surface area contributed by atoms with Crippen LogP contribution in [0.2, 0.25) is 10.0 Å². The fraction of sp³-hybridized carbons (Fsp3) is 0.400. The van der Waals surface area contributed by atoms with E-state index >= 15 is 0 Å². The molecule has 16 heavy (non-hydrogen) atoms. The Labute approximate surface area is 105 Å². The molecule has 1 aromatic carbocycles. The molecule has 1 aliphatic heterocycles. The van der Waals surface area contributed by atoms with E-state index in [1.54, 1.807) is 0 Å². The van der Waals surface area contributed by atoms with Gasteiger partial charge in [0.2, 0.25) is 10.0 Å². The van der Waals surface area contributed by atoms with Gasteiger partial charge in [0.05, 0.1) is 4.90 Å². The Kier molecular flexibility index (Phi) is 3.45. The highest BCUT2D eigenvalue weighted by atomic mass is 35.5. The van der Waals surface area contributed by atoms with Gasteiger partial charge >= 0.3 is 0 Å². The third-order valence-corrected chi connectivity index (χ3v) is 4.85. The molecule has 0 unspecified atom stereocenters. The lowest BCUT2D eigenvalue weighted by Gasteiger charge is -2.15. The predicted molar refractivity (Wildman–Crippen MR) is 64.5 cm³/mol. The van der Waals surface area contributed by atoms with Gasteiger partial charge in [-0.25, -0.2) is 8.42 Å². The van der Waals surface area contributed by atoms with E-state index in [-0.39, 0.29) is 4.90 Å². The number of sulfonamides is 1. The number of hydrogen-bond acceptors (Lipinski definition) is 2. The van der Waals surface area contributed by atoms with Crippen molar-refractivity contribution < 1.29 is 8.42 Å². The van der Waals surface area contributed by atoms with Gasteiger partial charge in [0.1, 0.15) is 0 Å². The molecule has 0 spiro atoms. The van der Waals surface area contributed by atoms with E-state index in [2.05, 4.69) is 0 Å². The maximum Gasteiger partial charge on any atom is 0.243 e. The fourth-order valence-corrected chi connectivity index (χ4v) is 4.00. The van der Waals surface area contributed by atoms with Crippen LogP contribution in [0.3, 0.4) is 0 Å². The Morgan fingerprint density at radius 3 is 2.00 bits per heavy atom. The summed E-state index contributed by atoms with van der Waals surface area (Å²) < 4.78 is 25.8. The third kappa shape index (κ3) is 2.35. The van der Waals surface area contributed by atoms with Gasteiger partial charge in [-0.2, -0.15) is 4.31 Å². The lowest BCUT2D eigenvalue weighted by Crippen LogP contribution is -2.27. The normalized spacial score (nSPS) is 17.9. The highest BCUT2D eigenvalue weighted by Gasteiger charge is 2.27. The molecule has 0 radical (unpaired) electrons. The number of benzene rings is 1. The molecule has 0 amide bonds. The van der Waals surface area contributed by atoms with E-state index in [0.29, 0.717) is 23.1 Å². The average molecular weight is 280 g/mol. The molecular weight excluding hydrogens is 269 g/mol. The van der Waals surface area contributed by atoms with E-state index in [1.165, 1.54) is 22.5 Å². The summed E-state index contributed by atoms with van der Waals surface area (Å²) in [6.07, 6.45) is 1.82. The van der Waals surface area contributed by atoms with Gasteiger partial charge in [0.15, 0.2) is 0 Å². The quantitative estimate of drug-likeness (QED) is 0.835. The maximum atomic E-state index is 12.1. The highest BCUT2D eigenvalue weighted by Crippen LogP contribution is 2.26. The van der Waals surface area contributed by atoms with Crippen molar-refractivity contribution in [3.8, 4) is 0 Å². The van der Waals surface area contributed by atoms with Crippen LogP contribution in [0.1, 0.15) is 12.8 Å². The first-order valence-electron chi connectivity index (χ1n) is 4.96. The predicted octanol–water partition coefficient (Wildman–Crippen LogP) is 2.78. The van der Waals surface area contributed by atoms with Crippen molar-refractivity contribution in [1.82, 2.24) is 4.31 Å². The topological polar surface area (TPSA) is 37.4 Å². The Balaban J connectivity index is 2.42. The Morgan fingerprint density at radius 1 is 1.00 bits per heavy atom. The molecule has 0 saturated carbocycles. The molecule has 88 valence electrons. The van der Waals surface area contributed by atoms with Gasteiger partial charge in [-0.1, -0.05) is 23.2 Å². The van der Waals surface area contributed by atoms with Gasteiger partial charge < -0.3 is 0 Å². The van der Waals surface area contributed by atoms with Crippen molar-refractivity contribution in [2.45, 2.75) is 17.7 Å². The summed E-state index contributed by atoms with van der Waals surface area (Å²) in [5.41, 5.74) is 0. The molecule has 3 nitrogen and oxygen atoms in total. The first-order chi connectivity index (χ1) is 7.50. The smallest absolute Gasteiger partial charge is 0.207 e. The summed E-state index contributed by atoms with van der Waals surface area (Å²) in [6.45, 7) is 1.15. The van der Waals surface area contributed by atoms with Crippen LogP contribution in [-0.4, -0.2) is 25.8 Å². The summed E-state index contributed by atoms with van der Waals surface area (Å²) in [7, 11) is -3.42. The van der Waals surface area contributed by atoms with Gasteiger partial charge in [-0.3, -0.25) is 0 Å². The second-order valence-corrected chi connectivity index (χ2v) is 6.53. The van der Waals surface area contributed by atoms with E-state index in [0.717, 1.165) is 12.8 Å². The van der Waals surface area contributed by atoms with Crippen LogP contribution in [0, 0.1) is 0 Å². The summed E-state index contributed by atoms with van der Waals surface area (Å²) in [6, 6.07) is 4.38. The van der Waals surface area contributed by atoms with Gasteiger partial charge in [-0.15, -0.1) is 0 Å². The van der Waals surface area contributed by atoms with E-state index < -0.39 is 10.0 Å². The number of rotatable bonds is 2. The van der Waals surface area contributed by atoms with Crippen LogP contribution in [0.15, 0.2) is 23.1 Å². The van der Waals surface area contributed by atoms with E-state index in [4.69, 9.17) is 23.2 Å². The molecule has 1 aliphatic rings. The van der Waals surface area contributed by atoms with Crippen molar-refractivity contribution in [3.63, 3.8) is 0 Å². The van der Waals surface area contributed by atoms with Gasteiger partial charge in [0, 0.05) is 23.1 Å². The number of hydrogen-bond donors (Lipinski definition) is 0. The number of halogens is 2. The SMILES string of the molecule is O=S(=O)(c1cc(Cl)cc(Cl)c1)N1CCCC1. The van der Waals surface area contributed by atoms with E-state index in [1.807, 2.05) is 0 Å².